The van der Waals surface area contributed by atoms with E-state index in [1.807, 2.05) is 9.80 Å². The van der Waals surface area contributed by atoms with E-state index in [-0.39, 0.29) is 29.8 Å². The molecule has 4 rings (SSSR count). The summed E-state index contributed by atoms with van der Waals surface area (Å²) in [6.07, 6.45) is -1.69. The van der Waals surface area contributed by atoms with Gasteiger partial charge in [-0.1, -0.05) is 0 Å². The number of amides is 1. The van der Waals surface area contributed by atoms with E-state index in [9.17, 15) is 23.1 Å². The van der Waals surface area contributed by atoms with Gasteiger partial charge >= 0.3 is 6.18 Å². The monoisotopic (exact) mass is 451 g/mol. The van der Waals surface area contributed by atoms with Crippen LogP contribution in [0.15, 0.2) is 18.2 Å². The molecule has 0 radical (unpaired) electrons. The van der Waals surface area contributed by atoms with E-state index in [2.05, 4.69) is 0 Å². The maximum Gasteiger partial charge on any atom is 0.417 e. The predicted molar refractivity (Wildman–Crippen MR) is 111 cm³/mol. The van der Waals surface area contributed by atoms with Crippen molar-refractivity contribution in [3.8, 4) is 6.07 Å². The van der Waals surface area contributed by atoms with Crippen molar-refractivity contribution in [2.24, 2.45) is 17.3 Å². The number of likely N-dealkylation sites (tertiary alicyclic amines) is 1. The van der Waals surface area contributed by atoms with Gasteiger partial charge in [0.05, 0.1) is 17.2 Å². The summed E-state index contributed by atoms with van der Waals surface area (Å²) in [7, 11) is 0. The van der Waals surface area contributed by atoms with Gasteiger partial charge in [0.15, 0.2) is 0 Å². The number of halogens is 3. The molecule has 174 valence electrons. The summed E-state index contributed by atoms with van der Waals surface area (Å²) in [6, 6.07) is 5.41. The van der Waals surface area contributed by atoms with E-state index in [1.54, 1.807) is 12.1 Å². The summed E-state index contributed by atoms with van der Waals surface area (Å²) >= 11 is 0. The van der Waals surface area contributed by atoms with Gasteiger partial charge in [-0.15, -0.1) is 0 Å². The molecule has 1 N–H and O–H groups in total. The van der Waals surface area contributed by atoms with Gasteiger partial charge < -0.3 is 19.6 Å². The van der Waals surface area contributed by atoms with Gasteiger partial charge in [0, 0.05) is 63.5 Å². The smallest absolute Gasteiger partial charge is 0.396 e. The number of alkyl halides is 3. The third-order valence-electron chi connectivity index (χ3n) is 7.47. The third-order valence-corrected chi connectivity index (χ3v) is 7.47. The Morgan fingerprint density at radius 2 is 1.94 bits per heavy atom. The lowest BCUT2D eigenvalue weighted by Crippen LogP contribution is -2.49. The Hall–Kier alpha value is -2.31. The minimum atomic E-state index is -4.61. The van der Waals surface area contributed by atoms with Crippen LogP contribution in [-0.4, -0.2) is 61.9 Å². The fourth-order valence-corrected chi connectivity index (χ4v) is 5.48. The molecular weight excluding hydrogens is 423 g/mol. The van der Waals surface area contributed by atoms with Crippen molar-refractivity contribution in [3.05, 3.63) is 29.3 Å². The van der Waals surface area contributed by atoms with Gasteiger partial charge in [0.25, 0.3) is 0 Å². The summed E-state index contributed by atoms with van der Waals surface area (Å²) in [5, 5.41) is 19.1. The molecule has 0 saturated carbocycles. The first-order valence-corrected chi connectivity index (χ1v) is 11.1. The highest BCUT2D eigenvalue weighted by molar-refractivity contribution is 5.79. The number of aliphatic hydroxyl groups excluding tert-OH is 1. The quantitative estimate of drug-likeness (QED) is 0.765. The standard InChI is InChI=1S/C23H28F3N3O3/c24-23(25,26)20-11-19(2-1-17(20)12-27)29-13-18(14-30)22(15-29)5-7-28(8-6-22)21(31)16-3-9-32-10-4-16/h1-2,11,16,18,30H,3-10,13-15H2. The third kappa shape index (κ3) is 4.30. The van der Waals surface area contributed by atoms with Crippen LogP contribution in [0.1, 0.15) is 36.8 Å². The lowest BCUT2D eigenvalue weighted by molar-refractivity contribution is -0.141. The number of nitrogens with zero attached hydrogens (tertiary/aromatic N) is 3. The molecule has 6 nitrogen and oxygen atoms in total. The van der Waals surface area contributed by atoms with Crippen molar-refractivity contribution in [2.75, 3.05) is 50.9 Å². The predicted octanol–water partition coefficient (Wildman–Crippen LogP) is 3.04. The molecule has 1 amide bonds. The summed E-state index contributed by atoms with van der Waals surface area (Å²) < 4.78 is 45.6. The number of carbonyl (C=O) groups excluding carboxylic acids is 1. The Bertz CT molecular complexity index is 885. The maximum atomic E-state index is 13.4. The Labute approximate surface area is 185 Å². The van der Waals surface area contributed by atoms with E-state index < -0.39 is 17.3 Å². The van der Waals surface area contributed by atoms with E-state index in [0.29, 0.717) is 57.9 Å². The van der Waals surface area contributed by atoms with Crippen LogP contribution in [0.4, 0.5) is 18.9 Å². The molecular formula is C23H28F3N3O3. The van der Waals surface area contributed by atoms with Crippen LogP contribution in [0.3, 0.4) is 0 Å². The molecule has 1 aromatic rings. The van der Waals surface area contributed by atoms with E-state index in [4.69, 9.17) is 10.00 Å². The molecule has 0 aliphatic carbocycles. The van der Waals surface area contributed by atoms with Crippen molar-refractivity contribution in [1.82, 2.24) is 4.90 Å². The average Bonchev–Trinajstić information content (AvgIpc) is 3.16. The van der Waals surface area contributed by atoms with Crippen LogP contribution >= 0.6 is 0 Å². The second-order valence-corrected chi connectivity index (χ2v) is 9.17. The van der Waals surface area contributed by atoms with E-state index >= 15 is 0 Å². The average molecular weight is 451 g/mol. The molecule has 1 atom stereocenters. The topological polar surface area (TPSA) is 76.8 Å². The number of nitriles is 1. The molecule has 1 aromatic carbocycles. The Balaban J connectivity index is 1.48. The van der Waals surface area contributed by atoms with Crippen molar-refractivity contribution in [1.29, 1.82) is 5.26 Å². The normalized spacial score (nSPS) is 24.0. The Kier molecular flexibility index (Phi) is 6.37. The van der Waals surface area contributed by atoms with Gasteiger partial charge in [0.1, 0.15) is 0 Å². The number of anilines is 1. The van der Waals surface area contributed by atoms with Crippen molar-refractivity contribution in [2.45, 2.75) is 31.9 Å². The summed E-state index contributed by atoms with van der Waals surface area (Å²) in [5.74, 6) is 0.0965. The van der Waals surface area contributed by atoms with Crippen LogP contribution in [0, 0.1) is 28.6 Å². The molecule has 0 aromatic heterocycles. The molecule has 3 heterocycles. The zero-order valence-electron chi connectivity index (χ0n) is 17.9. The van der Waals surface area contributed by atoms with Crippen LogP contribution in [0.25, 0.3) is 0 Å². The minimum Gasteiger partial charge on any atom is -0.396 e. The minimum absolute atomic E-state index is 0.00551. The van der Waals surface area contributed by atoms with Gasteiger partial charge in [-0.05, 0) is 49.3 Å². The number of rotatable bonds is 3. The SMILES string of the molecule is N#Cc1ccc(N2CC(CO)C3(CCN(C(=O)C4CCOCC4)CC3)C2)cc1C(F)(F)F. The van der Waals surface area contributed by atoms with E-state index in [0.717, 1.165) is 18.9 Å². The van der Waals surface area contributed by atoms with Gasteiger partial charge in [0.2, 0.25) is 5.91 Å². The summed E-state index contributed by atoms with van der Waals surface area (Å²) in [6.45, 7) is 3.35. The van der Waals surface area contributed by atoms with Gasteiger partial charge in [-0.2, -0.15) is 18.4 Å². The van der Waals surface area contributed by atoms with E-state index in [1.165, 1.54) is 6.07 Å². The zero-order valence-corrected chi connectivity index (χ0v) is 17.9. The van der Waals surface area contributed by atoms with Crippen LogP contribution in [0.5, 0.6) is 0 Å². The highest BCUT2D eigenvalue weighted by atomic mass is 19.4. The number of benzene rings is 1. The second kappa shape index (κ2) is 8.91. The number of hydrogen-bond acceptors (Lipinski definition) is 5. The number of hydrogen-bond donors (Lipinski definition) is 1. The largest absolute Gasteiger partial charge is 0.417 e. The molecule has 9 heteroatoms. The molecule has 32 heavy (non-hydrogen) atoms. The number of piperidine rings is 1. The fourth-order valence-electron chi connectivity index (χ4n) is 5.48. The first-order valence-electron chi connectivity index (χ1n) is 11.1. The summed E-state index contributed by atoms with van der Waals surface area (Å²) in [4.78, 5) is 16.6. The van der Waals surface area contributed by atoms with Crippen molar-refractivity contribution in [3.63, 3.8) is 0 Å². The highest BCUT2D eigenvalue weighted by Crippen LogP contribution is 2.47. The number of ether oxygens (including phenoxy) is 1. The van der Waals surface area contributed by atoms with Crippen LogP contribution in [0.2, 0.25) is 0 Å². The molecule has 3 fully saturated rings. The van der Waals surface area contributed by atoms with Gasteiger partial charge in [-0.3, -0.25) is 4.79 Å². The summed E-state index contributed by atoms with van der Waals surface area (Å²) in [5.41, 5.74) is -1.16. The van der Waals surface area contributed by atoms with Crippen molar-refractivity contribution < 1.29 is 27.8 Å². The van der Waals surface area contributed by atoms with Crippen LogP contribution < -0.4 is 4.90 Å². The lowest BCUT2D eigenvalue weighted by Gasteiger charge is -2.43. The Morgan fingerprint density at radius 3 is 2.53 bits per heavy atom. The molecule has 3 aliphatic rings. The van der Waals surface area contributed by atoms with Gasteiger partial charge in [-0.25, -0.2) is 0 Å². The molecule has 3 aliphatic heterocycles. The highest BCUT2D eigenvalue weighted by Gasteiger charge is 2.49. The molecule has 1 unspecified atom stereocenters. The maximum absolute atomic E-state index is 13.4. The fraction of sp³-hybridized carbons (Fsp3) is 0.652. The molecule has 0 bridgehead atoms. The molecule has 3 saturated heterocycles. The van der Waals surface area contributed by atoms with Crippen molar-refractivity contribution >= 4 is 11.6 Å². The number of carbonyl (C=O) groups is 1. The molecule has 1 spiro atoms. The number of aliphatic hydroxyl groups is 1. The van der Waals surface area contributed by atoms with Crippen LogP contribution in [-0.2, 0) is 15.7 Å². The Morgan fingerprint density at radius 1 is 1.25 bits per heavy atom. The lowest BCUT2D eigenvalue weighted by atomic mass is 9.71. The first kappa shape index (κ1) is 22.9. The zero-order chi connectivity index (χ0) is 22.9. The first-order chi connectivity index (χ1) is 15.3. The second-order valence-electron chi connectivity index (χ2n) is 9.17.